The molecular formula is C11H25N3OS. The molecule has 0 aliphatic rings. The number of methoxy groups -OCH3 is 1. The Hall–Kier alpha value is -0.420. The molecule has 0 atom stereocenters. The summed E-state index contributed by atoms with van der Waals surface area (Å²) in [6.45, 7) is 6.65. The van der Waals surface area contributed by atoms with Crippen LogP contribution in [0.3, 0.4) is 0 Å². The second kappa shape index (κ2) is 11.1. The van der Waals surface area contributed by atoms with E-state index in [2.05, 4.69) is 24.2 Å². The van der Waals surface area contributed by atoms with Crippen molar-refractivity contribution in [3.8, 4) is 0 Å². The summed E-state index contributed by atoms with van der Waals surface area (Å²) in [7, 11) is 1.67. The highest BCUT2D eigenvalue weighted by molar-refractivity contribution is 7.99. The first-order chi connectivity index (χ1) is 7.66. The van der Waals surface area contributed by atoms with E-state index < -0.39 is 0 Å². The van der Waals surface area contributed by atoms with Crippen molar-refractivity contribution in [1.82, 2.24) is 5.32 Å². The maximum absolute atomic E-state index is 5.65. The number of thioether (sulfide) groups is 1. The summed E-state index contributed by atoms with van der Waals surface area (Å²) >= 11 is 1.98. The van der Waals surface area contributed by atoms with Crippen LogP contribution in [-0.2, 0) is 4.74 Å². The normalized spacial score (nSPS) is 12.1. The number of ether oxygens (including phenoxy) is 1. The van der Waals surface area contributed by atoms with Crippen LogP contribution in [0, 0.1) is 5.92 Å². The highest BCUT2D eigenvalue weighted by Gasteiger charge is 1.94. The zero-order chi connectivity index (χ0) is 12.2. The van der Waals surface area contributed by atoms with Crippen molar-refractivity contribution in [2.75, 3.05) is 38.3 Å². The third-order valence-electron chi connectivity index (χ3n) is 1.79. The van der Waals surface area contributed by atoms with Gasteiger partial charge in [0.25, 0.3) is 0 Å². The third-order valence-corrected chi connectivity index (χ3v) is 3.27. The largest absolute Gasteiger partial charge is 0.383 e. The van der Waals surface area contributed by atoms with Crippen LogP contribution in [0.5, 0.6) is 0 Å². The lowest BCUT2D eigenvalue weighted by Gasteiger charge is -2.05. The Morgan fingerprint density at radius 1 is 1.50 bits per heavy atom. The van der Waals surface area contributed by atoms with Crippen molar-refractivity contribution in [2.24, 2.45) is 16.6 Å². The number of rotatable bonds is 9. The fraction of sp³-hybridized carbons (Fsp3) is 0.909. The van der Waals surface area contributed by atoms with E-state index in [0.717, 1.165) is 24.6 Å². The van der Waals surface area contributed by atoms with E-state index in [1.165, 1.54) is 5.75 Å². The molecule has 0 rings (SSSR count). The summed E-state index contributed by atoms with van der Waals surface area (Å²) < 4.78 is 4.90. The Kier molecular flexibility index (Phi) is 10.8. The minimum Gasteiger partial charge on any atom is -0.383 e. The molecule has 0 saturated carbocycles. The molecule has 0 spiro atoms. The smallest absolute Gasteiger partial charge is 0.188 e. The maximum Gasteiger partial charge on any atom is 0.188 e. The standard InChI is InChI=1S/C11H25N3OS/c1-10(2)9-16-8-4-5-13-11(12)14-6-7-15-3/h10H,4-9H2,1-3H3,(H3,12,13,14). The molecule has 0 aromatic heterocycles. The molecule has 0 bridgehead atoms. The molecule has 5 heteroatoms. The van der Waals surface area contributed by atoms with Gasteiger partial charge in [-0.3, -0.25) is 4.99 Å². The molecule has 0 amide bonds. The number of aliphatic imine (C=N–C) groups is 1. The van der Waals surface area contributed by atoms with Gasteiger partial charge in [0.2, 0.25) is 0 Å². The van der Waals surface area contributed by atoms with Gasteiger partial charge in [0.15, 0.2) is 5.96 Å². The Bertz CT molecular complexity index is 186. The van der Waals surface area contributed by atoms with Crippen LogP contribution in [0.2, 0.25) is 0 Å². The predicted octanol–water partition coefficient (Wildman–Crippen LogP) is 1.32. The molecule has 3 N–H and O–H groups in total. The van der Waals surface area contributed by atoms with Crippen LogP contribution >= 0.6 is 11.8 Å². The van der Waals surface area contributed by atoms with Gasteiger partial charge in [0, 0.05) is 20.2 Å². The summed E-state index contributed by atoms with van der Waals surface area (Å²) in [6.07, 6.45) is 1.09. The average Bonchev–Trinajstić information content (AvgIpc) is 2.23. The zero-order valence-electron chi connectivity index (χ0n) is 10.7. The lowest BCUT2D eigenvalue weighted by molar-refractivity contribution is 0.204. The fourth-order valence-electron chi connectivity index (χ4n) is 1.02. The first-order valence-corrected chi connectivity index (χ1v) is 6.92. The topological polar surface area (TPSA) is 59.6 Å². The van der Waals surface area contributed by atoms with E-state index in [0.29, 0.717) is 19.1 Å². The second-order valence-electron chi connectivity index (χ2n) is 4.01. The molecule has 0 unspecified atom stereocenters. The molecule has 0 fully saturated rings. The van der Waals surface area contributed by atoms with Crippen LogP contribution in [0.25, 0.3) is 0 Å². The van der Waals surface area contributed by atoms with Crippen molar-refractivity contribution in [2.45, 2.75) is 20.3 Å². The van der Waals surface area contributed by atoms with Crippen LogP contribution in [0.4, 0.5) is 0 Å². The highest BCUT2D eigenvalue weighted by atomic mass is 32.2. The Morgan fingerprint density at radius 2 is 2.25 bits per heavy atom. The number of nitrogens with one attached hydrogen (secondary N) is 1. The second-order valence-corrected chi connectivity index (χ2v) is 5.16. The van der Waals surface area contributed by atoms with E-state index in [1.807, 2.05) is 11.8 Å². The molecule has 0 radical (unpaired) electrons. The first kappa shape index (κ1) is 15.6. The Labute approximate surface area is 103 Å². The SMILES string of the molecule is COCCNC(N)=NCCCSCC(C)C. The third kappa shape index (κ3) is 11.7. The van der Waals surface area contributed by atoms with E-state index in [-0.39, 0.29) is 0 Å². The van der Waals surface area contributed by atoms with Gasteiger partial charge in [-0.1, -0.05) is 13.8 Å². The Balaban J connectivity index is 3.30. The molecule has 16 heavy (non-hydrogen) atoms. The van der Waals surface area contributed by atoms with Crippen LogP contribution in [0.15, 0.2) is 4.99 Å². The quantitative estimate of drug-likeness (QED) is 0.366. The molecule has 0 heterocycles. The fourth-order valence-corrected chi connectivity index (χ4v) is 1.99. The molecule has 0 aromatic carbocycles. The number of nitrogens with two attached hydrogens (primary N) is 1. The highest BCUT2D eigenvalue weighted by Crippen LogP contribution is 2.08. The van der Waals surface area contributed by atoms with Gasteiger partial charge in [-0.15, -0.1) is 0 Å². The summed E-state index contributed by atoms with van der Waals surface area (Å²) in [4.78, 5) is 4.23. The van der Waals surface area contributed by atoms with Crippen molar-refractivity contribution in [3.63, 3.8) is 0 Å². The lowest BCUT2D eigenvalue weighted by atomic mass is 10.3. The molecule has 0 aliphatic heterocycles. The number of nitrogens with zero attached hydrogens (tertiary/aromatic N) is 1. The number of guanidine groups is 1. The monoisotopic (exact) mass is 247 g/mol. The van der Waals surface area contributed by atoms with Crippen LogP contribution in [0.1, 0.15) is 20.3 Å². The summed E-state index contributed by atoms with van der Waals surface area (Å²) in [5, 5.41) is 2.99. The van der Waals surface area contributed by atoms with Crippen molar-refractivity contribution in [1.29, 1.82) is 0 Å². The maximum atomic E-state index is 5.65. The molecule has 0 aromatic rings. The lowest BCUT2D eigenvalue weighted by Crippen LogP contribution is -2.34. The summed E-state index contributed by atoms with van der Waals surface area (Å²) in [5.74, 6) is 3.68. The molecule has 96 valence electrons. The van der Waals surface area contributed by atoms with Gasteiger partial charge in [0.1, 0.15) is 0 Å². The van der Waals surface area contributed by atoms with Crippen LogP contribution < -0.4 is 11.1 Å². The molecule has 4 nitrogen and oxygen atoms in total. The van der Waals surface area contributed by atoms with Gasteiger partial charge >= 0.3 is 0 Å². The van der Waals surface area contributed by atoms with E-state index in [4.69, 9.17) is 10.5 Å². The van der Waals surface area contributed by atoms with Gasteiger partial charge in [-0.25, -0.2) is 0 Å². The van der Waals surface area contributed by atoms with Crippen molar-refractivity contribution < 1.29 is 4.74 Å². The van der Waals surface area contributed by atoms with Gasteiger partial charge < -0.3 is 15.8 Å². The first-order valence-electron chi connectivity index (χ1n) is 5.77. The van der Waals surface area contributed by atoms with E-state index in [1.54, 1.807) is 7.11 Å². The average molecular weight is 247 g/mol. The Morgan fingerprint density at radius 3 is 2.88 bits per heavy atom. The zero-order valence-corrected chi connectivity index (χ0v) is 11.5. The molecule has 0 saturated heterocycles. The van der Waals surface area contributed by atoms with Crippen molar-refractivity contribution >= 4 is 17.7 Å². The number of hydrogen-bond acceptors (Lipinski definition) is 3. The van der Waals surface area contributed by atoms with Gasteiger partial charge in [-0.2, -0.15) is 11.8 Å². The van der Waals surface area contributed by atoms with Gasteiger partial charge in [-0.05, 0) is 23.8 Å². The minimum absolute atomic E-state index is 0.519. The van der Waals surface area contributed by atoms with E-state index >= 15 is 0 Å². The van der Waals surface area contributed by atoms with Crippen LogP contribution in [-0.4, -0.2) is 44.3 Å². The molecule has 0 aliphatic carbocycles. The van der Waals surface area contributed by atoms with E-state index in [9.17, 15) is 0 Å². The predicted molar refractivity (Wildman–Crippen MR) is 73.1 cm³/mol. The van der Waals surface area contributed by atoms with Crippen molar-refractivity contribution in [3.05, 3.63) is 0 Å². The van der Waals surface area contributed by atoms with Gasteiger partial charge in [0.05, 0.1) is 6.61 Å². The summed E-state index contributed by atoms with van der Waals surface area (Å²) in [5.41, 5.74) is 5.65. The molecular weight excluding hydrogens is 222 g/mol. The number of hydrogen-bond donors (Lipinski definition) is 2. The minimum atomic E-state index is 0.519. The summed E-state index contributed by atoms with van der Waals surface area (Å²) in [6, 6.07) is 0.